The van der Waals surface area contributed by atoms with Crippen LogP contribution in [0.15, 0.2) is 76.6 Å². The molecule has 34 heavy (non-hydrogen) atoms. The van der Waals surface area contributed by atoms with Crippen LogP contribution in [-0.2, 0) is 4.79 Å². The zero-order valence-electron chi connectivity index (χ0n) is 18.0. The van der Waals surface area contributed by atoms with Gasteiger partial charge in [0, 0.05) is 39.9 Å². The van der Waals surface area contributed by atoms with E-state index in [0.717, 1.165) is 10.9 Å². The summed E-state index contributed by atoms with van der Waals surface area (Å²) in [6.45, 7) is 1.35. The molecule has 170 valence electrons. The molecule has 1 unspecified atom stereocenters. The summed E-state index contributed by atoms with van der Waals surface area (Å²) < 4.78 is 14.8. The van der Waals surface area contributed by atoms with E-state index in [4.69, 9.17) is 23.2 Å². The number of nitrogens with one attached hydrogen (secondary N) is 1. The lowest BCUT2D eigenvalue weighted by Crippen LogP contribution is -2.25. The molecule has 0 bridgehead atoms. The Morgan fingerprint density at radius 2 is 1.82 bits per heavy atom. The van der Waals surface area contributed by atoms with E-state index in [1.165, 1.54) is 24.1 Å². The van der Waals surface area contributed by atoms with Crippen molar-refractivity contribution in [3.8, 4) is 11.1 Å². The number of hydrazone groups is 1. The highest BCUT2D eigenvalue weighted by atomic mass is 35.5. The molecule has 0 saturated heterocycles. The smallest absolute Gasteiger partial charge is 0.258 e. The topological polar surface area (TPSA) is 65.5 Å². The number of hydrogen-bond donors (Lipinski definition) is 1. The molecule has 0 fully saturated rings. The predicted molar refractivity (Wildman–Crippen MR) is 133 cm³/mol. The Kier molecular flexibility index (Phi) is 5.71. The second kappa shape index (κ2) is 8.70. The molecule has 5 nitrogen and oxygen atoms in total. The number of aromatic nitrogens is 1. The Balaban J connectivity index is 1.76. The number of hydrogen-bond acceptors (Lipinski definition) is 3. The van der Waals surface area contributed by atoms with E-state index >= 15 is 0 Å². The minimum atomic E-state index is -0.773. The van der Waals surface area contributed by atoms with Gasteiger partial charge in [-0.25, -0.2) is 9.40 Å². The van der Waals surface area contributed by atoms with Crippen molar-refractivity contribution in [3.63, 3.8) is 0 Å². The SMILES string of the molecule is CC(=O)N1N=C(c2c(-c3ccccc3)c3ccc(Cl)cc3[nH]c2=O)CC1c1c(F)cccc1Cl. The molecular weight excluding hydrogens is 476 g/mol. The van der Waals surface area contributed by atoms with Gasteiger partial charge in [-0.05, 0) is 29.8 Å². The van der Waals surface area contributed by atoms with E-state index in [9.17, 15) is 14.0 Å². The minimum absolute atomic E-state index is 0.127. The maximum atomic E-state index is 14.8. The van der Waals surface area contributed by atoms with Crippen LogP contribution < -0.4 is 5.56 Å². The minimum Gasteiger partial charge on any atom is -0.321 e. The quantitative estimate of drug-likeness (QED) is 0.361. The molecular formula is C26H18Cl2FN3O2. The third kappa shape index (κ3) is 3.79. The number of benzene rings is 3. The molecule has 0 aliphatic carbocycles. The first-order chi connectivity index (χ1) is 16.3. The molecule has 1 atom stereocenters. The first-order valence-electron chi connectivity index (χ1n) is 10.6. The van der Waals surface area contributed by atoms with Crippen LogP contribution in [0.2, 0.25) is 10.0 Å². The molecule has 1 aromatic heterocycles. The third-order valence-corrected chi connectivity index (χ3v) is 6.46. The van der Waals surface area contributed by atoms with Crippen molar-refractivity contribution >= 4 is 45.7 Å². The molecule has 5 rings (SSSR count). The van der Waals surface area contributed by atoms with Crippen molar-refractivity contribution in [3.05, 3.63) is 104 Å². The number of carbonyl (C=O) groups is 1. The van der Waals surface area contributed by atoms with E-state index in [0.29, 0.717) is 27.4 Å². The molecule has 1 N–H and O–H groups in total. The molecule has 0 radical (unpaired) electrons. The number of halogens is 3. The predicted octanol–water partition coefficient (Wildman–Crippen LogP) is 6.34. The van der Waals surface area contributed by atoms with Gasteiger partial charge in [0.05, 0.1) is 22.8 Å². The Hall–Kier alpha value is -3.48. The average Bonchev–Trinajstić information content (AvgIpc) is 3.23. The lowest BCUT2D eigenvalue weighted by molar-refractivity contribution is -0.130. The molecule has 2 heterocycles. The molecule has 8 heteroatoms. The van der Waals surface area contributed by atoms with E-state index < -0.39 is 11.9 Å². The van der Waals surface area contributed by atoms with Crippen LogP contribution in [0, 0.1) is 5.82 Å². The zero-order chi connectivity index (χ0) is 24.0. The maximum Gasteiger partial charge on any atom is 0.258 e. The Morgan fingerprint density at radius 3 is 2.53 bits per heavy atom. The van der Waals surface area contributed by atoms with Crippen molar-refractivity contribution in [2.75, 3.05) is 0 Å². The molecule has 3 aromatic carbocycles. The van der Waals surface area contributed by atoms with E-state index in [1.54, 1.807) is 18.2 Å². The number of nitrogens with zero attached hydrogens (tertiary/aromatic N) is 2. The number of amides is 1. The Morgan fingerprint density at radius 1 is 1.06 bits per heavy atom. The highest BCUT2D eigenvalue weighted by molar-refractivity contribution is 6.32. The number of carbonyl (C=O) groups excluding carboxylic acids is 1. The van der Waals surface area contributed by atoms with Crippen LogP contribution >= 0.6 is 23.2 Å². The summed E-state index contributed by atoms with van der Waals surface area (Å²) in [5.74, 6) is -0.921. The van der Waals surface area contributed by atoms with Crippen molar-refractivity contribution in [1.29, 1.82) is 0 Å². The average molecular weight is 494 g/mol. The number of aromatic amines is 1. The molecule has 0 saturated carbocycles. The van der Waals surface area contributed by atoms with Gasteiger partial charge in [0.25, 0.3) is 5.56 Å². The van der Waals surface area contributed by atoms with Crippen molar-refractivity contribution < 1.29 is 9.18 Å². The summed E-state index contributed by atoms with van der Waals surface area (Å²) in [5, 5.41) is 7.15. The van der Waals surface area contributed by atoms with Gasteiger partial charge in [0.2, 0.25) is 5.91 Å². The number of fused-ring (bicyclic) bond motifs is 1. The van der Waals surface area contributed by atoms with Gasteiger partial charge in [-0.2, -0.15) is 5.10 Å². The second-order valence-corrected chi connectivity index (χ2v) is 8.87. The summed E-state index contributed by atoms with van der Waals surface area (Å²) in [4.78, 5) is 28.8. The fourth-order valence-corrected chi connectivity index (χ4v) is 4.92. The van der Waals surface area contributed by atoms with Crippen LogP contribution in [0.25, 0.3) is 22.0 Å². The summed E-state index contributed by atoms with van der Waals surface area (Å²) >= 11 is 12.5. The molecule has 4 aromatic rings. The van der Waals surface area contributed by atoms with Crippen LogP contribution in [0.4, 0.5) is 4.39 Å². The second-order valence-electron chi connectivity index (χ2n) is 8.03. The molecule has 1 aliphatic heterocycles. The van der Waals surface area contributed by atoms with Gasteiger partial charge in [-0.1, -0.05) is 65.7 Å². The fraction of sp³-hybridized carbons (Fsp3) is 0.115. The Bertz CT molecular complexity index is 1510. The van der Waals surface area contributed by atoms with Gasteiger partial charge >= 0.3 is 0 Å². The van der Waals surface area contributed by atoms with Crippen molar-refractivity contribution in [1.82, 2.24) is 9.99 Å². The van der Waals surface area contributed by atoms with Gasteiger partial charge < -0.3 is 4.98 Å². The van der Waals surface area contributed by atoms with Crippen LogP contribution in [0.5, 0.6) is 0 Å². The summed E-state index contributed by atoms with van der Waals surface area (Å²) in [5.41, 5.74) is 2.54. The molecule has 1 aliphatic rings. The standard InChI is InChI=1S/C26H18Cl2FN3O2/c1-14(33)32-22(24-18(28)8-5-9-19(24)29)13-21(31-32)25-23(15-6-3-2-4-7-15)17-11-10-16(27)12-20(17)30-26(25)34/h2-12,22H,13H2,1H3,(H,30,34). The van der Waals surface area contributed by atoms with Gasteiger partial charge in [-0.3, -0.25) is 9.59 Å². The fourth-order valence-electron chi connectivity index (χ4n) is 4.46. The van der Waals surface area contributed by atoms with Gasteiger partial charge in [0.15, 0.2) is 0 Å². The third-order valence-electron chi connectivity index (χ3n) is 5.89. The molecule has 1 amide bonds. The van der Waals surface area contributed by atoms with E-state index in [1.807, 2.05) is 36.4 Å². The number of rotatable bonds is 3. The normalized spacial score (nSPS) is 15.6. The highest BCUT2D eigenvalue weighted by Gasteiger charge is 2.36. The van der Waals surface area contributed by atoms with Crippen LogP contribution in [0.3, 0.4) is 0 Å². The summed E-state index contributed by atoms with van der Waals surface area (Å²) in [7, 11) is 0. The summed E-state index contributed by atoms with van der Waals surface area (Å²) in [6.07, 6.45) is 0.127. The maximum absolute atomic E-state index is 14.8. The largest absolute Gasteiger partial charge is 0.321 e. The zero-order valence-corrected chi connectivity index (χ0v) is 19.5. The highest BCUT2D eigenvalue weighted by Crippen LogP contribution is 2.40. The Labute approximate surface area is 204 Å². The molecule has 0 spiro atoms. The van der Waals surface area contributed by atoms with Crippen molar-refractivity contribution in [2.45, 2.75) is 19.4 Å². The number of H-pyrrole nitrogens is 1. The monoisotopic (exact) mass is 493 g/mol. The summed E-state index contributed by atoms with van der Waals surface area (Å²) in [6, 6.07) is 18.3. The first-order valence-corrected chi connectivity index (χ1v) is 11.3. The van der Waals surface area contributed by atoms with Gasteiger partial charge in [-0.15, -0.1) is 0 Å². The number of pyridine rings is 1. The van der Waals surface area contributed by atoms with Crippen LogP contribution in [0.1, 0.15) is 30.5 Å². The first kappa shape index (κ1) is 22.3. The van der Waals surface area contributed by atoms with Gasteiger partial charge in [0.1, 0.15) is 5.82 Å². The lowest BCUT2D eigenvalue weighted by Gasteiger charge is -2.21. The van der Waals surface area contributed by atoms with E-state index in [2.05, 4.69) is 10.1 Å². The lowest BCUT2D eigenvalue weighted by atomic mass is 9.91. The van der Waals surface area contributed by atoms with Crippen molar-refractivity contribution in [2.24, 2.45) is 5.10 Å². The van der Waals surface area contributed by atoms with E-state index in [-0.39, 0.29) is 28.5 Å². The van der Waals surface area contributed by atoms with Crippen LogP contribution in [-0.4, -0.2) is 21.6 Å².